The molecule has 21 heavy (non-hydrogen) atoms. The van der Waals surface area contributed by atoms with Crippen LogP contribution in [-0.2, 0) is 6.54 Å². The fourth-order valence-electron chi connectivity index (χ4n) is 1.96. The molecule has 0 unspecified atom stereocenters. The van der Waals surface area contributed by atoms with Crippen molar-refractivity contribution >= 4 is 17.4 Å². The van der Waals surface area contributed by atoms with Crippen molar-refractivity contribution in [2.24, 2.45) is 0 Å². The fraction of sp³-hybridized carbons (Fsp3) is 0.0625. The van der Waals surface area contributed by atoms with E-state index in [1.807, 2.05) is 36.4 Å². The van der Waals surface area contributed by atoms with Crippen LogP contribution >= 0.6 is 11.6 Å². The highest BCUT2D eigenvalue weighted by molar-refractivity contribution is 6.28. The molecule has 3 aromatic rings. The lowest BCUT2D eigenvalue weighted by Crippen LogP contribution is -2.02. The Morgan fingerprint density at radius 2 is 1.86 bits per heavy atom. The van der Waals surface area contributed by atoms with Crippen molar-refractivity contribution in [2.75, 3.05) is 5.32 Å². The molecule has 0 aliphatic rings. The van der Waals surface area contributed by atoms with Crippen LogP contribution in [0.4, 0.5) is 5.82 Å². The highest BCUT2D eigenvalue weighted by atomic mass is 35.5. The Morgan fingerprint density at radius 1 is 1.00 bits per heavy atom. The van der Waals surface area contributed by atoms with Crippen molar-refractivity contribution in [3.05, 3.63) is 71.8 Å². The molecule has 0 amide bonds. The molecule has 3 rings (SSSR count). The first-order valence-corrected chi connectivity index (χ1v) is 6.92. The third-order valence-corrected chi connectivity index (χ3v) is 3.14. The summed E-state index contributed by atoms with van der Waals surface area (Å²) >= 11 is 6.00. The van der Waals surface area contributed by atoms with Crippen LogP contribution in [0.15, 0.2) is 60.9 Å². The quantitative estimate of drug-likeness (QED) is 0.744. The highest BCUT2D eigenvalue weighted by Gasteiger charge is 2.05. The number of anilines is 1. The van der Waals surface area contributed by atoms with Gasteiger partial charge in [-0.25, -0.2) is 9.97 Å². The van der Waals surface area contributed by atoms with Crippen molar-refractivity contribution in [3.8, 4) is 11.3 Å². The monoisotopic (exact) mass is 296 g/mol. The van der Waals surface area contributed by atoms with Gasteiger partial charge in [-0.2, -0.15) is 0 Å². The largest absolute Gasteiger partial charge is 0.366 e. The van der Waals surface area contributed by atoms with Gasteiger partial charge in [0.1, 0.15) is 5.82 Å². The van der Waals surface area contributed by atoms with Gasteiger partial charge in [-0.05, 0) is 29.3 Å². The lowest BCUT2D eigenvalue weighted by Gasteiger charge is -2.08. The van der Waals surface area contributed by atoms with E-state index < -0.39 is 0 Å². The Balaban J connectivity index is 1.82. The minimum absolute atomic E-state index is 0.215. The molecule has 2 aromatic heterocycles. The average molecular weight is 297 g/mol. The molecule has 0 radical (unpaired) electrons. The molecule has 0 atom stereocenters. The Hall–Kier alpha value is -2.46. The minimum Gasteiger partial charge on any atom is -0.366 e. The fourth-order valence-corrected chi connectivity index (χ4v) is 2.14. The van der Waals surface area contributed by atoms with Gasteiger partial charge in [-0.15, -0.1) is 0 Å². The molecule has 0 saturated carbocycles. The molecule has 0 aliphatic heterocycles. The molecule has 0 spiro atoms. The highest BCUT2D eigenvalue weighted by Crippen LogP contribution is 2.20. The van der Waals surface area contributed by atoms with Crippen molar-refractivity contribution in [1.29, 1.82) is 0 Å². The SMILES string of the molecule is Clc1nc(NCc2ccccc2)cc(-c2cccnc2)n1. The van der Waals surface area contributed by atoms with Gasteiger partial charge in [-0.3, -0.25) is 4.98 Å². The van der Waals surface area contributed by atoms with E-state index in [2.05, 4.69) is 32.4 Å². The number of halogens is 1. The number of nitrogens with zero attached hydrogens (tertiary/aromatic N) is 3. The van der Waals surface area contributed by atoms with Crippen LogP contribution in [0.5, 0.6) is 0 Å². The summed E-state index contributed by atoms with van der Waals surface area (Å²) in [5, 5.41) is 3.47. The summed E-state index contributed by atoms with van der Waals surface area (Å²) < 4.78 is 0. The molecule has 0 aliphatic carbocycles. The smallest absolute Gasteiger partial charge is 0.224 e. The molecule has 4 nitrogen and oxygen atoms in total. The van der Waals surface area contributed by atoms with Crippen LogP contribution in [0.2, 0.25) is 5.28 Å². The molecule has 1 N–H and O–H groups in total. The second-order valence-corrected chi connectivity index (χ2v) is 4.83. The standard InChI is InChI=1S/C16H13ClN4/c17-16-20-14(13-7-4-8-18-11-13)9-15(21-16)19-10-12-5-2-1-3-6-12/h1-9,11H,10H2,(H,19,20,21). The van der Waals surface area contributed by atoms with Gasteiger partial charge in [-0.1, -0.05) is 30.3 Å². The maximum atomic E-state index is 6.00. The average Bonchev–Trinajstić information content (AvgIpc) is 2.54. The van der Waals surface area contributed by atoms with Gasteiger partial charge in [0.2, 0.25) is 5.28 Å². The van der Waals surface area contributed by atoms with Gasteiger partial charge in [0.25, 0.3) is 0 Å². The Bertz CT molecular complexity index is 717. The van der Waals surface area contributed by atoms with Gasteiger partial charge in [0.05, 0.1) is 5.69 Å². The topological polar surface area (TPSA) is 50.7 Å². The third kappa shape index (κ3) is 3.55. The zero-order valence-electron chi connectivity index (χ0n) is 11.2. The number of pyridine rings is 1. The third-order valence-electron chi connectivity index (χ3n) is 2.97. The summed E-state index contributed by atoms with van der Waals surface area (Å²) in [4.78, 5) is 12.5. The van der Waals surface area contributed by atoms with E-state index in [-0.39, 0.29) is 5.28 Å². The first-order valence-electron chi connectivity index (χ1n) is 6.54. The normalized spacial score (nSPS) is 10.3. The lowest BCUT2D eigenvalue weighted by atomic mass is 10.2. The number of hydrogen-bond acceptors (Lipinski definition) is 4. The molecular formula is C16H13ClN4. The van der Waals surface area contributed by atoms with Crippen LogP contribution in [-0.4, -0.2) is 15.0 Å². The zero-order chi connectivity index (χ0) is 14.5. The van der Waals surface area contributed by atoms with Crippen molar-refractivity contribution in [1.82, 2.24) is 15.0 Å². The number of nitrogens with one attached hydrogen (secondary N) is 1. The van der Waals surface area contributed by atoms with E-state index in [1.165, 1.54) is 5.56 Å². The lowest BCUT2D eigenvalue weighted by molar-refractivity contribution is 1.08. The number of hydrogen-bond donors (Lipinski definition) is 1. The zero-order valence-corrected chi connectivity index (χ0v) is 12.0. The van der Waals surface area contributed by atoms with E-state index in [0.717, 1.165) is 11.3 Å². The van der Waals surface area contributed by atoms with E-state index in [1.54, 1.807) is 12.4 Å². The summed E-state index contributed by atoms with van der Waals surface area (Å²) in [5.41, 5.74) is 2.83. The molecular weight excluding hydrogens is 284 g/mol. The second kappa shape index (κ2) is 6.33. The first-order chi connectivity index (χ1) is 10.3. The summed E-state index contributed by atoms with van der Waals surface area (Å²) in [5.74, 6) is 0.692. The van der Waals surface area contributed by atoms with Crippen LogP contribution in [0.1, 0.15) is 5.56 Å². The molecule has 0 fully saturated rings. The molecule has 104 valence electrons. The van der Waals surface area contributed by atoms with Crippen molar-refractivity contribution in [2.45, 2.75) is 6.54 Å². The summed E-state index contributed by atoms with van der Waals surface area (Å²) in [6.45, 7) is 0.681. The summed E-state index contributed by atoms with van der Waals surface area (Å²) in [6.07, 6.45) is 3.47. The van der Waals surface area contributed by atoms with Crippen LogP contribution in [0, 0.1) is 0 Å². The Labute approximate surface area is 127 Å². The van der Waals surface area contributed by atoms with E-state index in [9.17, 15) is 0 Å². The maximum absolute atomic E-state index is 6.00. The number of benzene rings is 1. The second-order valence-electron chi connectivity index (χ2n) is 4.49. The van der Waals surface area contributed by atoms with Crippen LogP contribution < -0.4 is 5.32 Å². The summed E-state index contributed by atoms with van der Waals surface area (Å²) in [7, 11) is 0. The van der Waals surface area contributed by atoms with E-state index >= 15 is 0 Å². The van der Waals surface area contributed by atoms with Crippen LogP contribution in [0.25, 0.3) is 11.3 Å². The van der Waals surface area contributed by atoms with E-state index in [4.69, 9.17) is 11.6 Å². The van der Waals surface area contributed by atoms with Gasteiger partial charge < -0.3 is 5.32 Å². The van der Waals surface area contributed by atoms with Gasteiger partial charge in [0.15, 0.2) is 0 Å². The molecule has 0 saturated heterocycles. The maximum Gasteiger partial charge on any atom is 0.224 e. The molecule has 1 aromatic carbocycles. The number of rotatable bonds is 4. The van der Waals surface area contributed by atoms with Gasteiger partial charge >= 0.3 is 0 Å². The number of aromatic nitrogens is 3. The van der Waals surface area contributed by atoms with Gasteiger partial charge in [0, 0.05) is 30.6 Å². The van der Waals surface area contributed by atoms with Crippen molar-refractivity contribution < 1.29 is 0 Å². The van der Waals surface area contributed by atoms with E-state index in [0.29, 0.717) is 12.4 Å². The first kappa shape index (κ1) is 13.5. The van der Waals surface area contributed by atoms with Crippen LogP contribution in [0.3, 0.4) is 0 Å². The van der Waals surface area contributed by atoms with Crippen molar-refractivity contribution in [3.63, 3.8) is 0 Å². The molecule has 0 bridgehead atoms. The Morgan fingerprint density at radius 3 is 2.62 bits per heavy atom. The predicted octanol–water partition coefficient (Wildman–Crippen LogP) is 3.80. The minimum atomic E-state index is 0.215. The summed E-state index contributed by atoms with van der Waals surface area (Å²) in [6, 6.07) is 15.8. The Kier molecular flexibility index (Phi) is 4.07. The molecule has 2 heterocycles. The molecule has 5 heteroatoms. The predicted molar refractivity (Wildman–Crippen MR) is 84.0 cm³/mol.